The summed E-state index contributed by atoms with van der Waals surface area (Å²) in [5.74, 6) is -4.67. The fourth-order valence-corrected chi connectivity index (χ4v) is 5.17. The van der Waals surface area contributed by atoms with Crippen molar-refractivity contribution in [3.63, 3.8) is 0 Å². The molecule has 0 bridgehead atoms. The summed E-state index contributed by atoms with van der Waals surface area (Å²) >= 11 is 6.27. The molecule has 3 aromatic rings. The first-order valence-electron chi connectivity index (χ1n) is 13.8. The Labute approximate surface area is 251 Å². The Kier molecular flexibility index (Phi) is 11.2. The third-order valence-electron chi connectivity index (χ3n) is 7.28. The van der Waals surface area contributed by atoms with Crippen LogP contribution in [0.1, 0.15) is 42.4 Å². The summed E-state index contributed by atoms with van der Waals surface area (Å²) in [5.41, 5.74) is 3.88. The molecule has 3 aromatic carbocycles. The van der Waals surface area contributed by atoms with Crippen molar-refractivity contribution in [2.45, 2.75) is 44.7 Å². The Balaban J connectivity index is 0.00000135. The average Bonchev–Trinajstić information content (AvgIpc) is 3.85. The minimum Gasteiger partial charge on any atom is -0.488 e. The highest BCUT2D eigenvalue weighted by Crippen LogP contribution is 2.34. The van der Waals surface area contributed by atoms with Crippen molar-refractivity contribution in [1.29, 1.82) is 0 Å². The minimum atomic E-state index is -1.33. The molecule has 2 aliphatic rings. The van der Waals surface area contributed by atoms with Gasteiger partial charge in [0.1, 0.15) is 5.82 Å². The van der Waals surface area contributed by atoms with Crippen LogP contribution in [0.5, 0.6) is 5.75 Å². The molecule has 0 unspecified atom stereocenters. The Bertz CT molecular complexity index is 1460. The van der Waals surface area contributed by atoms with Crippen molar-refractivity contribution in [1.82, 2.24) is 10.2 Å². The second kappa shape index (κ2) is 15.0. The van der Waals surface area contributed by atoms with E-state index >= 15 is 0 Å². The lowest BCUT2D eigenvalue weighted by molar-refractivity contribution is -0.128. The van der Waals surface area contributed by atoms with E-state index in [0.29, 0.717) is 42.0 Å². The number of aryl methyl sites for hydroxylation is 1. The van der Waals surface area contributed by atoms with Gasteiger partial charge in [0.05, 0.1) is 13.2 Å². The predicted octanol–water partition coefficient (Wildman–Crippen LogP) is 6.55. The van der Waals surface area contributed by atoms with Crippen LogP contribution >= 0.6 is 11.6 Å². The molecule has 0 saturated heterocycles. The molecule has 0 atom stereocenters. The van der Waals surface area contributed by atoms with Crippen LogP contribution < -0.4 is 10.1 Å². The quantitative estimate of drug-likeness (QED) is 0.117. The SMILES string of the molecule is O=C(C1=C(c2ccc(CCCOc3c(F)ccc(F)c3F)cc2)CCNC1)N(Cc1c(F)cccc1Cl)C1CC1.O=CO. The summed E-state index contributed by atoms with van der Waals surface area (Å²) < 4.78 is 60.5. The van der Waals surface area contributed by atoms with Crippen molar-refractivity contribution in [2.75, 3.05) is 19.7 Å². The number of carbonyl (C=O) groups excluding carboxylic acids is 1. The smallest absolute Gasteiger partial charge is 0.290 e. The highest BCUT2D eigenvalue weighted by atomic mass is 35.5. The fourth-order valence-electron chi connectivity index (χ4n) is 4.95. The maximum Gasteiger partial charge on any atom is 0.290 e. The highest BCUT2D eigenvalue weighted by molar-refractivity contribution is 6.31. The molecule has 1 aliphatic heterocycles. The van der Waals surface area contributed by atoms with Gasteiger partial charge in [0.2, 0.25) is 5.82 Å². The summed E-state index contributed by atoms with van der Waals surface area (Å²) in [4.78, 5) is 23.9. The number of carboxylic acid groups (broad SMARTS) is 1. The molecule has 1 fully saturated rings. The number of nitrogens with zero attached hydrogens (tertiary/aromatic N) is 1. The van der Waals surface area contributed by atoms with Crippen LogP contribution in [-0.2, 0) is 22.6 Å². The number of hydrogen-bond acceptors (Lipinski definition) is 4. The molecule has 1 heterocycles. The van der Waals surface area contributed by atoms with Crippen molar-refractivity contribution in [3.8, 4) is 5.75 Å². The molecule has 43 heavy (non-hydrogen) atoms. The van der Waals surface area contributed by atoms with Gasteiger partial charge in [-0.3, -0.25) is 9.59 Å². The normalized spacial score (nSPS) is 14.5. The van der Waals surface area contributed by atoms with Gasteiger partial charge in [-0.1, -0.05) is 41.9 Å². The van der Waals surface area contributed by atoms with Crippen molar-refractivity contribution in [2.24, 2.45) is 0 Å². The summed E-state index contributed by atoms with van der Waals surface area (Å²) in [5, 5.41) is 10.5. The van der Waals surface area contributed by atoms with Gasteiger partial charge in [-0.2, -0.15) is 4.39 Å². The number of halogens is 5. The third kappa shape index (κ3) is 8.14. The number of nitrogens with one attached hydrogen (secondary N) is 1. The zero-order chi connectivity index (χ0) is 30.9. The van der Waals surface area contributed by atoms with E-state index in [4.69, 9.17) is 26.2 Å². The standard InChI is InChI=1S/C31H29ClF4N2O2.CH2O2/c32-25-4-1-5-26(33)24(25)18-38(21-10-11-21)31(39)23-17-37-15-14-22(23)20-8-6-19(7-9-20)3-2-16-40-30-28(35)13-12-27(34)29(30)36;2-1-3/h1,4-9,12-13,21,37H,2-3,10-11,14-18H2;1H,(H,2,3). The van der Waals surface area contributed by atoms with E-state index in [1.807, 2.05) is 24.3 Å². The first kappa shape index (κ1) is 32.0. The van der Waals surface area contributed by atoms with Gasteiger partial charge in [0, 0.05) is 28.7 Å². The van der Waals surface area contributed by atoms with E-state index in [1.165, 1.54) is 6.07 Å². The first-order chi connectivity index (χ1) is 20.7. The Morgan fingerprint density at radius 2 is 1.72 bits per heavy atom. The maximum absolute atomic E-state index is 14.5. The molecule has 228 valence electrons. The molecular formula is C32H31ClF4N2O4. The summed E-state index contributed by atoms with van der Waals surface area (Å²) in [6, 6.07) is 14.0. The summed E-state index contributed by atoms with van der Waals surface area (Å²) in [6.07, 6.45) is 3.50. The zero-order valence-corrected chi connectivity index (χ0v) is 24.0. The number of rotatable bonds is 10. The summed E-state index contributed by atoms with van der Waals surface area (Å²) in [7, 11) is 0. The topological polar surface area (TPSA) is 78.9 Å². The zero-order valence-electron chi connectivity index (χ0n) is 23.2. The minimum absolute atomic E-state index is 0.0253. The van der Waals surface area contributed by atoms with Crippen molar-refractivity contribution >= 4 is 29.6 Å². The van der Waals surface area contributed by atoms with Gasteiger partial charge in [-0.05, 0) is 79.6 Å². The molecule has 6 nitrogen and oxygen atoms in total. The van der Waals surface area contributed by atoms with Crippen LogP contribution in [0.2, 0.25) is 5.02 Å². The lowest BCUT2D eigenvalue weighted by Crippen LogP contribution is -2.39. The highest BCUT2D eigenvalue weighted by Gasteiger charge is 2.36. The van der Waals surface area contributed by atoms with Crippen LogP contribution in [0.3, 0.4) is 0 Å². The van der Waals surface area contributed by atoms with Gasteiger partial charge in [0.25, 0.3) is 12.4 Å². The second-order valence-electron chi connectivity index (χ2n) is 10.2. The second-order valence-corrected chi connectivity index (χ2v) is 10.6. The number of ether oxygens (including phenoxy) is 1. The van der Waals surface area contributed by atoms with E-state index in [2.05, 4.69) is 5.32 Å². The maximum atomic E-state index is 14.5. The van der Waals surface area contributed by atoms with Crippen LogP contribution in [-0.4, -0.2) is 48.1 Å². The molecule has 1 amide bonds. The average molecular weight is 619 g/mol. The molecule has 5 rings (SSSR count). The largest absolute Gasteiger partial charge is 0.488 e. The molecule has 0 aromatic heterocycles. The van der Waals surface area contributed by atoms with Crippen LogP contribution in [0.4, 0.5) is 17.6 Å². The summed E-state index contributed by atoms with van der Waals surface area (Å²) in [6.45, 7) is 1.06. The van der Waals surface area contributed by atoms with Crippen LogP contribution in [0, 0.1) is 23.3 Å². The Hall–Kier alpha value is -3.89. The van der Waals surface area contributed by atoms with Crippen molar-refractivity contribution in [3.05, 3.63) is 105 Å². The van der Waals surface area contributed by atoms with E-state index in [-0.39, 0.29) is 31.6 Å². The molecule has 0 spiro atoms. The molecule has 11 heteroatoms. The van der Waals surface area contributed by atoms with Gasteiger partial charge in [-0.25, -0.2) is 13.2 Å². The number of benzene rings is 3. The van der Waals surface area contributed by atoms with Gasteiger partial charge in [0.15, 0.2) is 17.4 Å². The van der Waals surface area contributed by atoms with E-state index in [1.54, 1.807) is 17.0 Å². The number of amides is 1. The Morgan fingerprint density at radius 1 is 1.02 bits per heavy atom. The fraction of sp³-hybridized carbons (Fsp3) is 0.312. The Morgan fingerprint density at radius 3 is 2.40 bits per heavy atom. The van der Waals surface area contributed by atoms with Crippen LogP contribution in [0.15, 0.2) is 60.2 Å². The van der Waals surface area contributed by atoms with Crippen LogP contribution in [0.25, 0.3) is 5.57 Å². The molecule has 0 radical (unpaired) electrons. The first-order valence-corrected chi connectivity index (χ1v) is 14.2. The number of carbonyl (C=O) groups is 2. The van der Waals surface area contributed by atoms with Crippen molar-refractivity contribution < 1.29 is 37.0 Å². The molecule has 1 saturated carbocycles. The predicted molar refractivity (Wildman–Crippen MR) is 155 cm³/mol. The van der Waals surface area contributed by atoms with Gasteiger partial charge >= 0.3 is 0 Å². The lowest BCUT2D eigenvalue weighted by atomic mass is 9.92. The number of hydrogen-bond donors (Lipinski definition) is 2. The molecule has 2 N–H and O–H groups in total. The van der Waals surface area contributed by atoms with Gasteiger partial charge in [-0.15, -0.1) is 0 Å². The van der Waals surface area contributed by atoms with E-state index < -0.39 is 29.0 Å². The van der Waals surface area contributed by atoms with E-state index in [9.17, 15) is 22.4 Å². The monoisotopic (exact) mass is 618 g/mol. The lowest BCUT2D eigenvalue weighted by Gasteiger charge is -2.28. The molecule has 1 aliphatic carbocycles. The van der Waals surface area contributed by atoms with E-state index in [0.717, 1.165) is 48.2 Å². The van der Waals surface area contributed by atoms with Gasteiger partial charge < -0.3 is 20.1 Å². The molecular weight excluding hydrogens is 588 g/mol. The third-order valence-corrected chi connectivity index (χ3v) is 7.63.